The minimum Gasteiger partial charge on any atom is -0.361 e. The summed E-state index contributed by atoms with van der Waals surface area (Å²) in [6, 6.07) is 8.31. The molecule has 2 aromatic rings. The fourth-order valence-corrected chi connectivity index (χ4v) is 4.41. The Kier molecular flexibility index (Phi) is 4.86. The Morgan fingerprint density at radius 2 is 2.12 bits per heavy atom. The molecule has 0 bridgehead atoms. The molecular weight excluding hydrogens is 366 g/mol. The molecule has 0 atom stereocenters. The van der Waals surface area contributed by atoms with Gasteiger partial charge in [0, 0.05) is 36.8 Å². The van der Waals surface area contributed by atoms with Crippen LogP contribution in [0, 0.1) is 6.92 Å². The van der Waals surface area contributed by atoms with Crippen LogP contribution in [-0.2, 0) is 16.6 Å². The number of aryl methyl sites for hydroxylation is 1. The van der Waals surface area contributed by atoms with Crippen molar-refractivity contribution in [1.29, 1.82) is 0 Å². The molecule has 1 saturated heterocycles. The van der Waals surface area contributed by atoms with Crippen molar-refractivity contribution in [3.05, 3.63) is 52.4 Å². The number of halogens is 1. The Morgan fingerprint density at radius 1 is 1.40 bits per heavy atom. The predicted octanol–water partition coefficient (Wildman–Crippen LogP) is 1.92. The minimum absolute atomic E-state index is 0.137. The Hall–Kier alpha value is -1.90. The number of amides is 1. The van der Waals surface area contributed by atoms with Gasteiger partial charge >= 0.3 is 0 Å². The van der Waals surface area contributed by atoms with E-state index in [9.17, 15) is 13.2 Å². The molecule has 2 heterocycles. The van der Waals surface area contributed by atoms with E-state index in [0.29, 0.717) is 22.0 Å². The lowest BCUT2D eigenvalue weighted by Gasteiger charge is -2.40. The average molecular weight is 384 g/mol. The highest BCUT2D eigenvalue weighted by atomic mass is 35.5. The van der Waals surface area contributed by atoms with E-state index in [0.717, 1.165) is 0 Å². The van der Waals surface area contributed by atoms with Crippen LogP contribution in [0.2, 0.25) is 5.02 Å². The second-order valence-electron chi connectivity index (χ2n) is 6.07. The van der Waals surface area contributed by atoms with Gasteiger partial charge in [0.05, 0.1) is 12.2 Å². The van der Waals surface area contributed by atoms with E-state index in [-0.39, 0.29) is 25.5 Å². The molecule has 1 aromatic heterocycles. The molecular formula is C16H18ClN3O4S. The molecule has 1 aliphatic rings. The number of hydrogen-bond donors (Lipinski definition) is 0. The smallest absolute Gasteiger partial charge is 0.253 e. The van der Waals surface area contributed by atoms with Gasteiger partial charge in [-0.1, -0.05) is 22.8 Å². The van der Waals surface area contributed by atoms with Gasteiger partial charge in [-0.15, -0.1) is 0 Å². The van der Waals surface area contributed by atoms with Crippen LogP contribution in [-0.4, -0.2) is 54.1 Å². The zero-order chi connectivity index (χ0) is 18.2. The Morgan fingerprint density at radius 3 is 2.72 bits per heavy atom. The van der Waals surface area contributed by atoms with E-state index < -0.39 is 15.3 Å². The van der Waals surface area contributed by atoms with Crippen molar-refractivity contribution in [2.24, 2.45) is 0 Å². The highest BCUT2D eigenvalue weighted by Crippen LogP contribution is 2.23. The van der Waals surface area contributed by atoms with Crippen molar-refractivity contribution in [1.82, 2.24) is 14.4 Å². The van der Waals surface area contributed by atoms with Gasteiger partial charge in [-0.25, -0.2) is 8.42 Å². The third kappa shape index (κ3) is 3.70. The van der Waals surface area contributed by atoms with Gasteiger partial charge in [-0.2, -0.15) is 4.31 Å². The monoisotopic (exact) mass is 383 g/mol. The van der Waals surface area contributed by atoms with Crippen molar-refractivity contribution in [3.8, 4) is 0 Å². The summed E-state index contributed by atoms with van der Waals surface area (Å²) in [5, 5.41) is 3.66. The normalized spacial score (nSPS) is 15.4. The summed E-state index contributed by atoms with van der Waals surface area (Å²) in [6.45, 7) is 2.21. The van der Waals surface area contributed by atoms with Crippen molar-refractivity contribution in [2.75, 3.05) is 20.1 Å². The van der Waals surface area contributed by atoms with E-state index >= 15 is 0 Å². The molecule has 25 heavy (non-hydrogen) atoms. The van der Waals surface area contributed by atoms with Crippen LogP contribution in [0.1, 0.15) is 21.8 Å². The van der Waals surface area contributed by atoms with E-state index in [1.54, 1.807) is 37.3 Å². The maximum absolute atomic E-state index is 12.6. The second-order valence-corrected chi connectivity index (χ2v) is 8.83. The molecule has 1 aromatic carbocycles. The lowest BCUT2D eigenvalue weighted by atomic mass is 10.1. The Bertz CT molecular complexity index is 890. The van der Waals surface area contributed by atoms with E-state index in [2.05, 4.69) is 5.16 Å². The molecule has 7 nitrogen and oxygen atoms in total. The molecule has 3 rings (SSSR count). The number of carbonyl (C=O) groups is 1. The first kappa shape index (κ1) is 17.9. The highest BCUT2D eigenvalue weighted by Gasteiger charge is 2.42. The first-order chi connectivity index (χ1) is 11.8. The third-order valence-electron chi connectivity index (χ3n) is 4.12. The predicted molar refractivity (Wildman–Crippen MR) is 92.8 cm³/mol. The van der Waals surface area contributed by atoms with Crippen molar-refractivity contribution >= 4 is 27.5 Å². The molecule has 0 radical (unpaired) electrons. The Balaban J connectivity index is 1.61. The fraction of sp³-hybridized carbons (Fsp3) is 0.375. The van der Waals surface area contributed by atoms with Gasteiger partial charge < -0.3 is 9.42 Å². The number of nitrogens with zero attached hydrogens (tertiary/aromatic N) is 3. The SMILES string of the molecule is Cc1cc(CN(C)S(=O)(=O)C2CN(C(=O)c3cccc(Cl)c3)C2)no1. The van der Waals surface area contributed by atoms with Gasteiger partial charge in [-0.05, 0) is 25.1 Å². The maximum Gasteiger partial charge on any atom is 0.253 e. The van der Waals surface area contributed by atoms with Crippen LogP contribution in [0.4, 0.5) is 0 Å². The van der Waals surface area contributed by atoms with Gasteiger partial charge in [0.15, 0.2) is 0 Å². The molecule has 1 aliphatic heterocycles. The number of aromatic nitrogens is 1. The molecule has 9 heteroatoms. The second kappa shape index (κ2) is 6.78. The molecule has 0 aliphatic carbocycles. The first-order valence-electron chi connectivity index (χ1n) is 7.69. The average Bonchev–Trinajstić information content (AvgIpc) is 2.90. The number of likely N-dealkylation sites (tertiary alicyclic amines) is 1. The summed E-state index contributed by atoms with van der Waals surface area (Å²) in [5.74, 6) is 0.409. The van der Waals surface area contributed by atoms with Gasteiger partial charge in [-0.3, -0.25) is 4.79 Å². The van der Waals surface area contributed by atoms with Crippen molar-refractivity contribution in [2.45, 2.75) is 18.7 Å². The lowest BCUT2D eigenvalue weighted by molar-refractivity contribution is 0.0655. The number of sulfonamides is 1. The van der Waals surface area contributed by atoms with Crippen molar-refractivity contribution < 1.29 is 17.7 Å². The zero-order valence-corrected chi connectivity index (χ0v) is 15.4. The van der Waals surface area contributed by atoms with Crippen LogP contribution in [0.15, 0.2) is 34.9 Å². The Labute approximate surface area is 151 Å². The lowest BCUT2D eigenvalue weighted by Crippen LogP contribution is -2.59. The largest absolute Gasteiger partial charge is 0.361 e. The standard InChI is InChI=1S/C16H18ClN3O4S/c1-11-6-14(18-24-11)8-19(2)25(22,23)15-9-20(10-15)16(21)12-4-3-5-13(17)7-12/h3-7,15H,8-10H2,1-2H3. The molecule has 0 saturated carbocycles. The molecule has 134 valence electrons. The quantitative estimate of drug-likeness (QED) is 0.787. The topological polar surface area (TPSA) is 83.7 Å². The van der Waals surface area contributed by atoms with Gasteiger partial charge in [0.25, 0.3) is 5.91 Å². The molecule has 0 N–H and O–H groups in total. The summed E-state index contributed by atoms with van der Waals surface area (Å²) < 4.78 is 31.4. The molecule has 1 amide bonds. The molecule has 0 unspecified atom stereocenters. The van der Waals surface area contributed by atoms with E-state index in [4.69, 9.17) is 16.1 Å². The van der Waals surface area contributed by atoms with Crippen molar-refractivity contribution in [3.63, 3.8) is 0 Å². The summed E-state index contributed by atoms with van der Waals surface area (Å²) in [5.41, 5.74) is 1.00. The number of benzene rings is 1. The summed E-state index contributed by atoms with van der Waals surface area (Å²) in [6.07, 6.45) is 0. The van der Waals surface area contributed by atoms with E-state index in [1.165, 1.54) is 16.3 Å². The molecule has 0 spiro atoms. The zero-order valence-electron chi connectivity index (χ0n) is 13.8. The number of carbonyl (C=O) groups excluding carboxylic acids is 1. The van der Waals surface area contributed by atoms with Crippen LogP contribution < -0.4 is 0 Å². The maximum atomic E-state index is 12.6. The van der Waals surface area contributed by atoms with Gasteiger partial charge in [0.1, 0.15) is 11.0 Å². The summed E-state index contributed by atoms with van der Waals surface area (Å²) >= 11 is 5.89. The molecule has 1 fully saturated rings. The van der Waals surface area contributed by atoms with Gasteiger partial charge in [0.2, 0.25) is 10.0 Å². The number of rotatable bonds is 5. The summed E-state index contributed by atoms with van der Waals surface area (Å²) in [7, 11) is -2.02. The fourth-order valence-electron chi connectivity index (χ4n) is 2.66. The summed E-state index contributed by atoms with van der Waals surface area (Å²) in [4.78, 5) is 13.9. The van der Waals surface area contributed by atoms with Crippen LogP contribution in [0.25, 0.3) is 0 Å². The van der Waals surface area contributed by atoms with Crippen LogP contribution >= 0.6 is 11.6 Å². The minimum atomic E-state index is -3.52. The van der Waals surface area contributed by atoms with Crippen LogP contribution in [0.5, 0.6) is 0 Å². The number of hydrogen-bond acceptors (Lipinski definition) is 5. The van der Waals surface area contributed by atoms with E-state index in [1.807, 2.05) is 0 Å². The first-order valence-corrected chi connectivity index (χ1v) is 9.57. The highest BCUT2D eigenvalue weighted by molar-refractivity contribution is 7.89. The third-order valence-corrected chi connectivity index (χ3v) is 6.50. The van der Waals surface area contributed by atoms with Crippen LogP contribution in [0.3, 0.4) is 0 Å².